The third-order valence-electron chi connectivity index (χ3n) is 3.88. The minimum absolute atomic E-state index is 0.308. The number of fused-ring (bicyclic) bond motifs is 1. The zero-order chi connectivity index (χ0) is 18.6. The molecule has 0 aliphatic rings. The van der Waals surface area contributed by atoms with Gasteiger partial charge in [0.25, 0.3) is 0 Å². The Balaban J connectivity index is 1.64. The second-order valence-electron chi connectivity index (χ2n) is 5.79. The number of rotatable bonds is 4. The number of urea groups is 1. The van der Waals surface area contributed by atoms with Gasteiger partial charge in [0.15, 0.2) is 5.65 Å². The highest BCUT2D eigenvalue weighted by atomic mass is 16.2. The first-order valence-electron chi connectivity index (χ1n) is 8.52. The van der Waals surface area contributed by atoms with Crippen molar-refractivity contribution in [3.8, 4) is 16.9 Å². The first-order valence-corrected chi connectivity index (χ1v) is 8.52. The second-order valence-corrected chi connectivity index (χ2v) is 5.79. The van der Waals surface area contributed by atoms with Gasteiger partial charge in [0.2, 0.25) is 0 Å². The summed E-state index contributed by atoms with van der Waals surface area (Å²) in [4.78, 5) is 25.0. The SMILES string of the molecule is CCNC(=O)Nc1ccc2ncc(-c3cnn(-c4ccccc4)c3)nc2n1. The molecule has 27 heavy (non-hydrogen) atoms. The molecule has 3 aromatic heterocycles. The van der Waals surface area contributed by atoms with Crippen molar-refractivity contribution in [2.75, 3.05) is 11.9 Å². The Hall–Kier alpha value is -3.81. The summed E-state index contributed by atoms with van der Waals surface area (Å²) in [7, 11) is 0. The summed E-state index contributed by atoms with van der Waals surface area (Å²) in [5.74, 6) is 0.417. The van der Waals surface area contributed by atoms with Gasteiger partial charge in [-0.25, -0.2) is 19.4 Å². The Morgan fingerprint density at radius 2 is 1.93 bits per heavy atom. The van der Waals surface area contributed by atoms with Crippen molar-refractivity contribution in [3.05, 3.63) is 61.1 Å². The van der Waals surface area contributed by atoms with Crippen LogP contribution in [0.5, 0.6) is 0 Å². The van der Waals surface area contributed by atoms with Gasteiger partial charge in [-0.1, -0.05) is 18.2 Å². The molecule has 0 fully saturated rings. The molecule has 0 bridgehead atoms. The third-order valence-corrected chi connectivity index (χ3v) is 3.88. The van der Waals surface area contributed by atoms with E-state index in [2.05, 4.69) is 30.7 Å². The van der Waals surface area contributed by atoms with E-state index in [1.807, 2.05) is 43.5 Å². The number of carbonyl (C=O) groups excluding carboxylic acids is 1. The molecule has 0 spiro atoms. The lowest BCUT2D eigenvalue weighted by Gasteiger charge is -2.06. The molecular weight excluding hydrogens is 342 g/mol. The number of para-hydroxylation sites is 1. The molecule has 134 valence electrons. The minimum atomic E-state index is -0.308. The minimum Gasteiger partial charge on any atom is -0.338 e. The quantitative estimate of drug-likeness (QED) is 0.584. The molecule has 0 radical (unpaired) electrons. The van der Waals surface area contributed by atoms with E-state index < -0.39 is 0 Å². The number of hydrogen-bond acceptors (Lipinski definition) is 5. The van der Waals surface area contributed by atoms with Crippen LogP contribution in [-0.4, -0.2) is 37.3 Å². The summed E-state index contributed by atoms with van der Waals surface area (Å²) in [6.07, 6.45) is 5.31. The molecule has 2 N–H and O–H groups in total. The van der Waals surface area contributed by atoms with E-state index in [0.29, 0.717) is 29.2 Å². The highest BCUT2D eigenvalue weighted by molar-refractivity contribution is 5.89. The van der Waals surface area contributed by atoms with Crippen LogP contribution in [0.25, 0.3) is 28.1 Å². The van der Waals surface area contributed by atoms with Gasteiger partial charge in [0.1, 0.15) is 11.3 Å². The van der Waals surface area contributed by atoms with Crippen LogP contribution in [0.2, 0.25) is 0 Å². The van der Waals surface area contributed by atoms with Crippen LogP contribution in [0.4, 0.5) is 10.6 Å². The van der Waals surface area contributed by atoms with Gasteiger partial charge in [-0.05, 0) is 31.2 Å². The summed E-state index contributed by atoms with van der Waals surface area (Å²) in [5, 5.41) is 9.72. The third kappa shape index (κ3) is 3.59. The molecule has 0 aliphatic carbocycles. The van der Waals surface area contributed by atoms with E-state index in [1.165, 1.54) is 0 Å². The van der Waals surface area contributed by atoms with Crippen LogP contribution in [0, 0.1) is 0 Å². The van der Waals surface area contributed by atoms with Crippen LogP contribution < -0.4 is 10.6 Å². The van der Waals surface area contributed by atoms with Gasteiger partial charge < -0.3 is 5.32 Å². The number of nitrogens with one attached hydrogen (secondary N) is 2. The van der Waals surface area contributed by atoms with E-state index in [4.69, 9.17) is 0 Å². The number of anilines is 1. The van der Waals surface area contributed by atoms with Crippen molar-refractivity contribution in [2.24, 2.45) is 0 Å². The lowest BCUT2D eigenvalue weighted by atomic mass is 10.2. The Kier molecular flexibility index (Phi) is 4.44. The first-order chi connectivity index (χ1) is 13.2. The molecule has 2 amide bonds. The second kappa shape index (κ2) is 7.20. The average Bonchev–Trinajstić information content (AvgIpc) is 3.18. The molecule has 0 saturated heterocycles. The first kappa shape index (κ1) is 16.6. The van der Waals surface area contributed by atoms with Crippen molar-refractivity contribution < 1.29 is 4.79 Å². The van der Waals surface area contributed by atoms with Crippen LogP contribution in [-0.2, 0) is 0 Å². The van der Waals surface area contributed by atoms with Crippen molar-refractivity contribution in [2.45, 2.75) is 6.92 Å². The summed E-state index contributed by atoms with van der Waals surface area (Å²) >= 11 is 0. The maximum atomic E-state index is 11.7. The van der Waals surface area contributed by atoms with Crippen LogP contribution in [0.1, 0.15) is 6.92 Å². The Morgan fingerprint density at radius 3 is 2.74 bits per heavy atom. The molecule has 3 heterocycles. The number of carbonyl (C=O) groups is 1. The lowest BCUT2D eigenvalue weighted by Crippen LogP contribution is -2.28. The number of aromatic nitrogens is 5. The summed E-state index contributed by atoms with van der Waals surface area (Å²) < 4.78 is 1.78. The zero-order valence-corrected chi connectivity index (χ0v) is 14.6. The number of pyridine rings is 1. The van der Waals surface area contributed by atoms with Gasteiger partial charge >= 0.3 is 6.03 Å². The fraction of sp³-hybridized carbons (Fsp3) is 0.105. The van der Waals surface area contributed by atoms with Gasteiger partial charge in [0, 0.05) is 18.3 Å². The number of hydrogen-bond donors (Lipinski definition) is 2. The maximum absolute atomic E-state index is 11.7. The van der Waals surface area contributed by atoms with E-state index in [-0.39, 0.29) is 6.03 Å². The van der Waals surface area contributed by atoms with E-state index >= 15 is 0 Å². The van der Waals surface area contributed by atoms with Crippen molar-refractivity contribution in [1.29, 1.82) is 0 Å². The normalized spacial score (nSPS) is 10.7. The molecular formula is C19H17N7O. The molecule has 0 unspecified atom stereocenters. The molecule has 0 saturated carbocycles. The molecule has 1 aromatic carbocycles. The largest absolute Gasteiger partial charge is 0.338 e. The number of amides is 2. The Labute approximate surface area is 155 Å². The highest BCUT2D eigenvalue weighted by Gasteiger charge is 2.09. The molecule has 0 aliphatic heterocycles. The smallest absolute Gasteiger partial charge is 0.320 e. The van der Waals surface area contributed by atoms with E-state index in [9.17, 15) is 4.79 Å². The Bertz CT molecular complexity index is 1090. The monoisotopic (exact) mass is 359 g/mol. The highest BCUT2D eigenvalue weighted by Crippen LogP contribution is 2.20. The van der Waals surface area contributed by atoms with Gasteiger partial charge in [-0.3, -0.25) is 10.3 Å². The van der Waals surface area contributed by atoms with Crippen molar-refractivity contribution >= 4 is 23.0 Å². The van der Waals surface area contributed by atoms with Gasteiger partial charge in [-0.15, -0.1) is 0 Å². The van der Waals surface area contributed by atoms with Crippen LogP contribution in [0.15, 0.2) is 61.1 Å². The van der Waals surface area contributed by atoms with Crippen LogP contribution >= 0.6 is 0 Å². The average molecular weight is 359 g/mol. The van der Waals surface area contributed by atoms with Gasteiger partial charge in [0.05, 0.1) is 23.8 Å². The number of benzene rings is 1. The summed E-state index contributed by atoms with van der Waals surface area (Å²) in [5.41, 5.74) is 3.55. The van der Waals surface area contributed by atoms with Crippen molar-refractivity contribution in [3.63, 3.8) is 0 Å². The van der Waals surface area contributed by atoms with E-state index in [0.717, 1.165) is 11.3 Å². The number of nitrogens with zero attached hydrogens (tertiary/aromatic N) is 5. The Morgan fingerprint density at radius 1 is 1.07 bits per heavy atom. The van der Waals surface area contributed by atoms with Crippen LogP contribution in [0.3, 0.4) is 0 Å². The predicted molar refractivity (Wildman–Crippen MR) is 103 cm³/mol. The molecule has 8 heteroatoms. The van der Waals surface area contributed by atoms with Gasteiger partial charge in [-0.2, -0.15) is 5.10 Å². The molecule has 8 nitrogen and oxygen atoms in total. The zero-order valence-electron chi connectivity index (χ0n) is 14.6. The lowest BCUT2D eigenvalue weighted by molar-refractivity contribution is 0.252. The molecule has 4 rings (SSSR count). The topological polar surface area (TPSA) is 97.6 Å². The molecule has 0 atom stereocenters. The fourth-order valence-electron chi connectivity index (χ4n) is 2.60. The maximum Gasteiger partial charge on any atom is 0.320 e. The van der Waals surface area contributed by atoms with Crippen molar-refractivity contribution in [1.82, 2.24) is 30.0 Å². The fourth-order valence-corrected chi connectivity index (χ4v) is 2.60. The van der Waals surface area contributed by atoms with E-state index in [1.54, 1.807) is 29.2 Å². The summed E-state index contributed by atoms with van der Waals surface area (Å²) in [6.45, 7) is 2.38. The standard InChI is InChI=1S/C19H17N7O/c1-2-20-19(27)25-17-9-8-15-18(24-17)23-16(11-21-15)13-10-22-26(12-13)14-6-4-3-5-7-14/h3-12H,2H2,1H3,(H2,20,23,24,25,27). The predicted octanol–water partition coefficient (Wildman–Crippen LogP) is 3.02. The summed E-state index contributed by atoms with van der Waals surface area (Å²) in [6, 6.07) is 13.0. The molecule has 4 aromatic rings.